The van der Waals surface area contributed by atoms with Gasteiger partial charge in [-0.3, -0.25) is 19.3 Å². The minimum absolute atomic E-state index is 0.169. The second-order valence-corrected chi connectivity index (χ2v) is 5.69. The van der Waals surface area contributed by atoms with Crippen LogP contribution in [0.5, 0.6) is 11.5 Å². The molecule has 0 aliphatic carbocycles. The Kier molecular flexibility index (Phi) is 3.61. The normalized spacial score (nSPS) is 15.6. The highest BCUT2D eigenvalue weighted by Crippen LogP contribution is 2.34. The Bertz CT molecular complexity index is 860. The zero-order valence-electron chi connectivity index (χ0n) is 13.2. The molecule has 1 fully saturated rings. The van der Waals surface area contributed by atoms with E-state index in [4.69, 9.17) is 9.47 Å². The van der Waals surface area contributed by atoms with Crippen LogP contribution in [0.1, 0.15) is 23.2 Å². The second-order valence-electron chi connectivity index (χ2n) is 5.69. The van der Waals surface area contributed by atoms with Crippen molar-refractivity contribution in [2.24, 2.45) is 0 Å². The molecular weight excluding hydrogens is 324 g/mol. The van der Waals surface area contributed by atoms with E-state index in [1.807, 2.05) is 0 Å². The molecule has 0 atom stereocenters. The van der Waals surface area contributed by atoms with Crippen molar-refractivity contribution in [2.45, 2.75) is 12.8 Å². The van der Waals surface area contributed by atoms with E-state index in [1.54, 1.807) is 42.5 Å². The third-order valence-corrected chi connectivity index (χ3v) is 4.07. The number of nitrogens with one attached hydrogen (secondary N) is 1. The number of benzene rings is 2. The van der Waals surface area contributed by atoms with E-state index in [0.717, 1.165) is 4.90 Å². The van der Waals surface area contributed by atoms with Gasteiger partial charge in [0.25, 0.3) is 5.91 Å². The van der Waals surface area contributed by atoms with E-state index in [9.17, 15) is 14.4 Å². The Morgan fingerprint density at radius 1 is 0.920 bits per heavy atom. The summed E-state index contributed by atoms with van der Waals surface area (Å²) in [6, 6.07) is 11.5. The molecule has 0 aromatic heterocycles. The van der Waals surface area contributed by atoms with Crippen molar-refractivity contribution in [3.63, 3.8) is 0 Å². The van der Waals surface area contributed by atoms with Gasteiger partial charge in [-0.25, -0.2) is 0 Å². The van der Waals surface area contributed by atoms with Crippen LogP contribution in [0, 0.1) is 0 Å². The van der Waals surface area contributed by atoms with Crippen LogP contribution in [0.2, 0.25) is 0 Å². The molecule has 2 aromatic rings. The van der Waals surface area contributed by atoms with Crippen LogP contribution in [0.4, 0.5) is 11.4 Å². The first kappa shape index (κ1) is 15.2. The van der Waals surface area contributed by atoms with Gasteiger partial charge < -0.3 is 14.8 Å². The van der Waals surface area contributed by atoms with Gasteiger partial charge in [-0.2, -0.15) is 0 Å². The van der Waals surface area contributed by atoms with Crippen LogP contribution in [0.15, 0.2) is 42.5 Å². The van der Waals surface area contributed by atoms with Gasteiger partial charge in [0.05, 0.1) is 5.69 Å². The molecule has 1 N–H and O–H groups in total. The lowest BCUT2D eigenvalue weighted by atomic mass is 10.1. The standard InChI is InChI=1S/C18H14N2O5/c21-16-7-8-17(22)20(16)13-4-1-11(2-5-13)18(23)19-12-3-6-14-15(9-12)25-10-24-14/h1-6,9H,7-8,10H2,(H,19,23). The average Bonchev–Trinajstić information content (AvgIpc) is 3.21. The number of rotatable bonds is 3. The van der Waals surface area contributed by atoms with E-state index in [1.165, 1.54) is 0 Å². The molecule has 0 saturated carbocycles. The van der Waals surface area contributed by atoms with E-state index in [2.05, 4.69) is 5.32 Å². The maximum atomic E-state index is 12.3. The topological polar surface area (TPSA) is 84.9 Å². The quantitative estimate of drug-likeness (QED) is 0.868. The smallest absolute Gasteiger partial charge is 0.255 e. The zero-order chi connectivity index (χ0) is 17.4. The molecule has 25 heavy (non-hydrogen) atoms. The number of hydrogen-bond acceptors (Lipinski definition) is 5. The van der Waals surface area contributed by atoms with Gasteiger partial charge in [0, 0.05) is 30.2 Å². The lowest BCUT2D eigenvalue weighted by Crippen LogP contribution is -2.28. The molecule has 2 aliphatic rings. The largest absolute Gasteiger partial charge is 0.454 e. The highest BCUT2D eigenvalue weighted by Gasteiger charge is 2.30. The van der Waals surface area contributed by atoms with Crippen LogP contribution >= 0.6 is 0 Å². The molecule has 0 spiro atoms. The Morgan fingerprint density at radius 3 is 2.32 bits per heavy atom. The summed E-state index contributed by atoms with van der Waals surface area (Å²) in [6.45, 7) is 0.169. The molecule has 2 heterocycles. The number of fused-ring (bicyclic) bond motifs is 1. The minimum atomic E-state index is -0.301. The van der Waals surface area contributed by atoms with Gasteiger partial charge in [-0.05, 0) is 36.4 Å². The third kappa shape index (κ3) is 2.80. The van der Waals surface area contributed by atoms with E-state index < -0.39 is 0 Å². The first-order valence-electron chi connectivity index (χ1n) is 7.79. The molecule has 126 valence electrons. The maximum Gasteiger partial charge on any atom is 0.255 e. The summed E-state index contributed by atoms with van der Waals surface area (Å²) in [5.74, 6) is 0.483. The number of nitrogens with zero attached hydrogens (tertiary/aromatic N) is 1. The Balaban J connectivity index is 1.49. The van der Waals surface area contributed by atoms with E-state index >= 15 is 0 Å². The number of hydrogen-bond donors (Lipinski definition) is 1. The Morgan fingerprint density at radius 2 is 1.60 bits per heavy atom. The fourth-order valence-corrected chi connectivity index (χ4v) is 2.80. The van der Waals surface area contributed by atoms with Crippen molar-refractivity contribution in [1.82, 2.24) is 0 Å². The van der Waals surface area contributed by atoms with Crippen molar-refractivity contribution in [1.29, 1.82) is 0 Å². The van der Waals surface area contributed by atoms with Gasteiger partial charge in [0.15, 0.2) is 11.5 Å². The molecule has 1 saturated heterocycles. The first-order chi connectivity index (χ1) is 12.1. The van der Waals surface area contributed by atoms with Crippen LogP contribution in [-0.4, -0.2) is 24.5 Å². The maximum absolute atomic E-state index is 12.3. The summed E-state index contributed by atoms with van der Waals surface area (Å²) in [6.07, 6.45) is 0.455. The molecule has 0 bridgehead atoms. The van der Waals surface area contributed by atoms with Crippen LogP contribution < -0.4 is 19.7 Å². The number of ether oxygens (including phenoxy) is 2. The van der Waals surface area contributed by atoms with Crippen LogP contribution in [0.25, 0.3) is 0 Å². The average molecular weight is 338 g/mol. The van der Waals surface area contributed by atoms with Crippen molar-refractivity contribution in [3.05, 3.63) is 48.0 Å². The Hall–Kier alpha value is -3.35. The molecule has 3 amide bonds. The number of imide groups is 1. The second kappa shape index (κ2) is 5.94. The van der Waals surface area contributed by atoms with Crippen molar-refractivity contribution in [2.75, 3.05) is 17.0 Å². The molecule has 2 aromatic carbocycles. The zero-order valence-corrected chi connectivity index (χ0v) is 13.2. The number of amides is 3. The molecule has 4 rings (SSSR count). The third-order valence-electron chi connectivity index (χ3n) is 4.07. The van der Waals surface area contributed by atoms with Gasteiger partial charge >= 0.3 is 0 Å². The summed E-state index contributed by atoms with van der Waals surface area (Å²) in [5, 5.41) is 2.77. The van der Waals surface area contributed by atoms with Crippen LogP contribution in [-0.2, 0) is 9.59 Å². The highest BCUT2D eigenvalue weighted by molar-refractivity contribution is 6.20. The van der Waals surface area contributed by atoms with Gasteiger partial charge in [-0.1, -0.05) is 0 Å². The Labute approximate surface area is 143 Å². The summed E-state index contributed by atoms with van der Waals surface area (Å²) < 4.78 is 10.5. The van der Waals surface area contributed by atoms with Crippen LogP contribution in [0.3, 0.4) is 0 Å². The molecule has 0 radical (unpaired) electrons. The predicted molar refractivity (Wildman–Crippen MR) is 88.7 cm³/mol. The summed E-state index contributed by atoms with van der Waals surface area (Å²) >= 11 is 0. The highest BCUT2D eigenvalue weighted by atomic mass is 16.7. The summed E-state index contributed by atoms with van der Waals surface area (Å²) in [7, 11) is 0. The summed E-state index contributed by atoms with van der Waals surface area (Å²) in [5.41, 5.74) is 1.48. The molecule has 7 heteroatoms. The number of carbonyl (C=O) groups excluding carboxylic acids is 3. The number of carbonyl (C=O) groups is 3. The lowest BCUT2D eigenvalue weighted by Gasteiger charge is -2.14. The minimum Gasteiger partial charge on any atom is -0.454 e. The van der Waals surface area contributed by atoms with Gasteiger partial charge in [0.2, 0.25) is 18.6 Å². The van der Waals surface area contributed by atoms with Gasteiger partial charge in [0.1, 0.15) is 0 Å². The SMILES string of the molecule is O=C(Nc1ccc2c(c1)OCO2)c1ccc(N2C(=O)CCC2=O)cc1. The van der Waals surface area contributed by atoms with Crippen molar-refractivity contribution < 1.29 is 23.9 Å². The fourth-order valence-electron chi connectivity index (χ4n) is 2.80. The molecular formula is C18H14N2O5. The monoisotopic (exact) mass is 338 g/mol. The van der Waals surface area contributed by atoms with E-state index in [-0.39, 0.29) is 37.4 Å². The van der Waals surface area contributed by atoms with E-state index in [0.29, 0.717) is 28.4 Å². The van der Waals surface area contributed by atoms with Crippen molar-refractivity contribution >= 4 is 29.1 Å². The molecule has 0 unspecified atom stereocenters. The fraction of sp³-hybridized carbons (Fsp3) is 0.167. The van der Waals surface area contributed by atoms with Gasteiger partial charge in [-0.15, -0.1) is 0 Å². The molecule has 7 nitrogen and oxygen atoms in total. The van der Waals surface area contributed by atoms with Crippen molar-refractivity contribution in [3.8, 4) is 11.5 Å². The molecule has 2 aliphatic heterocycles. The lowest BCUT2D eigenvalue weighted by molar-refractivity contribution is -0.121. The first-order valence-corrected chi connectivity index (χ1v) is 7.79. The summed E-state index contributed by atoms with van der Waals surface area (Å²) in [4.78, 5) is 37.0. The number of anilines is 2. The predicted octanol–water partition coefficient (Wildman–Crippen LogP) is 2.32.